The van der Waals surface area contributed by atoms with Gasteiger partial charge in [0.15, 0.2) is 0 Å². The van der Waals surface area contributed by atoms with E-state index in [-0.39, 0.29) is 11.9 Å². The molecule has 1 fully saturated rings. The summed E-state index contributed by atoms with van der Waals surface area (Å²) < 4.78 is 0. The van der Waals surface area contributed by atoms with Gasteiger partial charge in [-0.2, -0.15) is 0 Å². The number of nitrogens with one attached hydrogen (secondary N) is 2. The third-order valence-electron chi connectivity index (χ3n) is 6.78. The molecule has 5 heteroatoms. The molecule has 4 aromatic rings. The molecule has 37 heavy (non-hydrogen) atoms. The summed E-state index contributed by atoms with van der Waals surface area (Å²) in [7, 11) is 0. The molecule has 0 radical (unpaired) electrons. The number of carbonyl (C=O) groups excluding carboxylic acids is 1. The Morgan fingerprint density at radius 1 is 0.865 bits per heavy atom. The highest BCUT2D eigenvalue weighted by Gasteiger charge is 2.21. The minimum atomic E-state index is -0.123. The molecule has 5 rings (SSSR count). The summed E-state index contributed by atoms with van der Waals surface area (Å²) in [5.41, 5.74) is 6.58. The third-order valence-corrected chi connectivity index (χ3v) is 6.78. The molecule has 186 valence electrons. The summed E-state index contributed by atoms with van der Waals surface area (Å²) in [5, 5.41) is 6.53. The molecule has 0 aliphatic carbocycles. The first-order chi connectivity index (χ1) is 18.1. The maximum atomic E-state index is 12.8. The zero-order valence-electron chi connectivity index (χ0n) is 20.9. The van der Waals surface area contributed by atoms with Crippen molar-refractivity contribution in [2.45, 2.75) is 25.4 Å². The van der Waals surface area contributed by atoms with Crippen LogP contribution in [0.15, 0.2) is 110 Å². The van der Waals surface area contributed by atoms with Crippen LogP contribution in [0.4, 0.5) is 5.69 Å². The lowest BCUT2D eigenvalue weighted by Crippen LogP contribution is -2.44. The van der Waals surface area contributed by atoms with Gasteiger partial charge in [0, 0.05) is 48.8 Å². The second-order valence-corrected chi connectivity index (χ2v) is 9.49. The lowest BCUT2D eigenvalue weighted by Gasteiger charge is -2.32. The highest BCUT2D eigenvalue weighted by molar-refractivity contribution is 5.92. The van der Waals surface area contributed by atoms with Crippen molar-refractivity contribution in [3.05, 3.63) is 127 Å². The molecule has 1 saturated heterocycles. The molecule has 2 N–H and O–H groups in total. The number of anilines is 1. The molecule has 0 bridgehead atoms. The van der Waals surface area contributed by atoms with E-state index < -0.39 is 0 Å². The summed E-state index contributed by atoms with van der Waals surface area (Å²) in [5.74, 6) is -0.123. The van der Waals surface area contributed by atoms with Crippen molar-refractivity contribution < 1.29 is 4.79 Å². The van der Waals surface area contributed by atoms with E-state index in [1.165, 1.54) is 5.56 Å². The molecule has 3 aromatic carbocycles. The van der Waals surface area contributed by atoms with Crippen molar-refractivity contribution in [1.82, 2.24) is 15.2 Å². The lowest BCUT2D eigenvalue weighted by atomic mass is 10.0. The largest absolute Gasteiger partial charge is 0.355 e. The second kappa shape index (κ2) is 11.7. The number of nitrogens with zero attached hydrogens (tertiary/aromatic N) is 2. The average molecular weight is 489 g/mol. The summed E-state index contributed by atoms with van der Waals surface area (Å²) in [4.78, 5) is 19.7. The van der Waals surface area contributed by atoms with Gasteiger partial charge in [-0.15, -0.1) is 0 Å². The summed E-state index contributed by atoms with van der Waals surface area (Å²) in [6, 6.07) is 32.8. The van der Waals surface area contributed by atoms with Crippen molar-refractivity contribution in [2.75, 3.05) is 18.4 Å². The standard InChI is InChI=1S/C32H32N4O/c1-24(34-30-14-8-13-27(21-30)26-11-6-3-7-12-26)28-15-16-31(33-22-28)32(37)35-29-17-19-36(20-18-29)23-25-9-4-2-5-10-25/h2-16,21-22,29,34H,1,17-20,23H2,(H,35,37). The number of piperidine rings is 1. The Labute approximate surface area is 218 Å². The molecular formula is C32H32N4O. The van der Waals surface area contributed by atoms with E-state index in [0.29, 0.717) is 5.69 Å². The topological polar surface area (TPSA) is 57.3 Å². The molecule has 0 spiro atoms. The summed E-state index contributed by atoms with van der Waals surface area (Å²) in [6.07, 6.45) is 3.59. The van der Waals surface area contributed by atoms with Crippen molar-refractivity contribution >= 4 is 17.3 Å². The molecular weight excluding hydrogens is 456 g/mol. The van der Waals surface area contributed by atoms with Crippen LogP contribution in [0.3, 0.4) is 0 Å². The third kappa shape index (κ3) is 6.51. The lowest BCUT2D eigenvalue weighted by molar-refractivity contribution is 0.0904. The predicted octanol–water partition coefficient (Wildman–Crippen LogP) is 6.23. The normalized spacial score (nSPS) is 14.2. The van der Waals surface area contributed by atoms with Crippen molar-refractivity contribution in [3.8, 4) is 11.1 Å². The Bertz CT molecular complexity index is 1330. The van der Waals surface area contributed by atoms with E-state index in [9.17, 15) is 4.79 Å². The predicted molar refractivity (Wildman–Crippen MR) is 151 cm³/mol. The first kappa shape index (κ1) is 24.5. The van der Waals surface area contributed by atoms with Gasteiger partial charge in [0.25, 0.3) is 5.91 Å². The van der Waals surface area contributed by atoms with Crippen LogP contribution in [-0.2, 0) is 6.54 Å². The van der Waals surface area contributed by atoms with E-state index in [2.05, 4.69) is 75.6 Å². The molecule has 1 aliphatic rings. The van der Waals surface area contributed by atoms with Crippen LogP contribution in [0, 0.1) is 0 Å². The Morgan fingerprint density at radius 2 is 1.57 bits per heavy atom. The van der Waals surface area contributed by atoms with Gasteiger partial charge in [-0.3, -0.25) is 14.7 Å². The first-order valence-corrected chi connectivity index (χ1v) is 12.8. The molecule has 1 amide bonds. The number of amides is 1. The quantitative estimate of drug-likeness (QED) is 0.309. The van der Waals surface area contributed by atoms with E-state index >= 15 is 0 Å². The van der Waals surface area contributed by atoms with Crippen LogP contribution < -0.4 is 10.6 Å². The second-order valence-electron chi connectivity index (χ2n) is 9.49. The number of likely N-dealkylation sites (tertiary alicyclic amines) is 1. The number of hydrogen-bond donors (Lipinski definition) is 2. The van der Waals surface area contributed by atoms with Crippen molar-refractivity contribution in [2.24, 2.45) is 0 Å². The van der Waals surface area contributed by atoms with E-state index in [0.717, 1.165) is 60.6 Å². The summed E-state index contributed by atoms with van der Waals surface area (Å²) >= 11 is 0. The van der Waals surface area contributed by atoms with Crippen LogP contribution in [0.2, 0.25) is 0 Å². The number of rotatable bonds is 8. The minimum absolute atomic E-state index is 0.123. The number of pyridine rings is 1. The van der Waals surface area contributed by atoms with Crippen LogP contribution >= 0.6 is 0 Å². The van der Waals surface area contributed by atoms with Gasteiger partial charge in [-0.1, -0.05) is 79.4 Å². The minimum Gasteiger partial charge on any atom is -0.355 e. The smallest absolute Gasteiger partial charge is 0.270 e. The van der Waals surface area contributed by atoms with Gasteiger partial charge < -0.3 is 10.6 Å². The molecule has 0 atom stereocenters. The van der Waals surface area contributed by atoms with E-state index in [4.69, 9.17) is 0 Å². The van der Waals surface area contributed by atoms with Crippen LogP contribution in [0.25, 0.3) is 16.8 Å². The van der Waals surface area contributed by atoms with Gasteiger partial charge >= 0.3 is 0 Å². The van der Waals surface area contributed by atoms with E-state index in [1.54, 1.807) is 12.3 Å². The van der Waals surface area contributed by atoms with E-state index in [1.807, 2.05) is 42.5 Å². The Balaban J connectivity index is 1.13. The fourth-order valence-electron chi connectivity index (χ4n) is 4.70. The number of carbonyl (C=O) groups is 1. The van der Waals surface area contributed by atoms with Gasteiger partial charge in [0.1, 0.15) is 5.69 Å². The van der Waals surface area contributed by atoms with Gasteiger partial charge in [-0.25, -0.2) is 0 Å². The van der Waals surface area contributed by atoms with Crippen molar-refractivity contribution in [1.29, 1.82) is 0 Å². The van der Waals surface area contributed by atoms with Crippen LogP contribution in [0.5, 0.6) is 0 Å². The Morgan fingerprint density at radius 3 is 2.27 bits per heavy atom. The number of hydrogen-bond acceptors (Lipinski definition) is 4. The fraction of sp³-hybridized carbons (Fsp3) is 0.188. The maximum absolute atomic E-state index is 12.8. The zero-order chi connectivity index (χ0) is 25.5. The highest BCUT2D eigenvalue weighted by Crippen LogP contribution is 2.24. The fourth-order valence-corrected chi connectivity index (χ4v) is 4.70. The molecule has 1 aromatic heterocycles. The Kier molecular flexibility index (Phi) is 7.72. The van der Waals surface area contributed by atoms with Crippen LogP contribution in [-0.4, -0.2) is 34.9 Å². The van der Waals surface area contributed by atoms with Gasteiger partial charge in [-0.05, 0) is 53.8 Å². The zero-order valence-corrected chi connectivity index (χ0v) is 20.9. The number of benzene rings is 3. The van der Waals surface area contributed by atoms with Crippen LogP contribution in [0.1, 0.15) is 34.5 Å². The number of aromatic nitrogens is 1. The average Bonchev–Trinajstić information content (AvgIpc) is 2.95. The molecule has 1 aliphatic heterocycles. The molecule has 2 heterocycles. The maximum Gasteiger partial charge on any atom is 0.270 e. The highest BCUT2D eigenvalue weighted by atomic mass is 16.1. The molecule has 5 nitrogen and oxygen atoms in total. The Hall–Kier alpha value is -4.22. The van der Waals surface area contributed by atoms with Gasteiger partial charge in [0.2, 0.25) is 0 Å². The van der Waals surface area contributed by atoms with Crippen molar-refractivity contribution in [3.63, 3.8) is 0 Å². The van der Waals surface area contributed by atoms with Gasteiger partial charge in [0.05, 0.1) is 0 Å². The summed E-state index contributed by atoms with van der Waals surface area (Å²) in [6.45, 7) is 7.08. The molecule has 0 saturated carbocycles. The molecule has 0 unspecified atom stereocenters. The monoisotopic (exact) mass is 488 g/mol. The SMILES string of the molecule is C=C(Nc1cccc(-c2ccccc2)c1)c1ccc(C(=O)NC2CCN(Cc3ccccc3)CC2)nc1. The first-order valence-electron chi connectivity index (χ1n) is 12.8.